The van der Waals surface area contributed by atoms with E-state index in [-0.39, 0.29) is 11.9 Å². The molecular weight excluding hydrogens is 259 g/mol. The van der Waals surface area contributed by atoms with Gasteiger partial charge in [0.15, 0.2) is 0 Å². The molecule has 4 nitrogen and oxygen atoms in total. The number of hydrogen-bond acceptors (Lipinski definition) is 3. The zero-order valence-electron chi connectivity index (χ0n) is 10.4. The van der Waals surface area contributed by atoms with E-state index >= 15 is 0 Å². The highest BCUT2D eigenvalue weighted by Crippen LogP contribution is 2.32. The van der Waals surface area contributed by atoms with Gasteiger partial charge in [0.25, 0.3) is 5.95 Å². The molecule has 0 radical (unpaired) electrons. The Hall–Kier alpha value is -0.870. The Bertz CT molecular complexity index is 395. The van der Waals surface area contributed by atoms with E-state index in [0.29, 0.717) is 10.3 Å². The van der Waals surface area contributed by atoms with E-state index in [1.54, 1.807) is 11.2 Å². The second kappa shape index (κ2) is 6.17. The van der Waals surface area contributed by atoms with Crippen LogP contribution in [0.15, 0.2) is 4.99 Å². The van der Waals surface area contributed by atoms with Crippen LogP contribution in [0.5, 0.6) is 0 Å². The van der Waals surface area contributed by atoms with E-state index in [1.165, 1.54) is 0 Å². The number of aliphatic imine (C=N–C) groups is 1. The number of hydrogen-bond donors (Lipinski definition) is 0. The first kappa shape index (κ1) is 14.2. The van der Waals surface area contributed by atoms with Gasteiger partial charge in [0.1, 0.15) is 10.3 Å². The van der Waals surface area contributed by atoms with Crippen LogP contribution in [0.1, 0.15) is 31.7 Å². The van der Waals surface area contributed by atoms with Crippen LogP contribution in [-0.2, 0) is 0 Å². The number of rotatable bonds is 4. The summed E-state index contributed by atoms with van der Waals surface area (Å²) in [6.07, 6.45) is 2.54. The van der Waals surface area contributed by atoms with E-state index in [1.807, 2.05) is 21.0 Å². The Morgan fingerprint density at radius 2 is 1.82 bits per heavy atom. The molecule has 1 heterocycles. The lowest BCUT2D eigenvalue weighted by Gasteiger charge is -2.12. The van der Waals surface area contributed by atoms with Crippen molar-refractivity contribution in [1.29, 1.82) is 0 Å². The third-order valence-electron chi connectivity index (χ3n) is 2.35. The van der Waals surface area contributed by atoms with Crippen molar-refractivity contribution in [1.82, 2.24) is 14.9 Å². The first-order valence-electron chi connectivity index (χ1n) is 5.39. The van der Waals surface area contributed by atoms with Gasteiger partial charge in [-0.15, -0.1) is 0 Å². The third-order valence-corrected chi connectivity index (χ3v) is 2.93. The van der Waals surface area contributed by atoms with Crippen LogP contribution in [0, 0.1) is 0 Å². The maximum Gasteiger partial charge on any atom is 0.253 e. The summed E-state index contributed by atoms with van der Waals surface area (Å²) in [6, 6.07) is 0. The maximum atomic E-state index is 6.10. The van der Waals surface area contributed by atoms with Gasteiger partial charge < -0.3 is 4.90 Å². The molecule has 0 saturated carbocycles. The Morgan fingerprint density at radius 1 is 1.29 bits per heavy atom. The SMILES string of the molecule is CCC(C)c1c(Cl)nc(/N=C/N(C)C)nc1Cl. The number of halogens is 2. The molecule has 1 atom stereocenters. The summed E-state index contributed by atoms with van der Waals surface area (Å²) in [5, 5.41) is 0.760. The number of aromatic nitrogens is 2. The van der Waals surface area contributed by atoms with Gasteiger partial charge in [0, 0.05) is 19.7 Å². The molecule has 0 N–H and O–H groups in total. The monoisotopic (exact) mass is 274 g/mol. The topological polar surface area (TPSA) is 41.4 Å². The molecule has 1 rings (SSSR count). The smallest absolute Gasteiger partial charge is 0.253 e. The van der Waals surface area contributed by atoms with Crippen LogP contribution in [0.4, 0.5) is 5.95 Å². The van der Waals surface area contributed by atoms with Crippen molar-refractivity contribution in [3.63, 3.8) is 0 Å². The summed E-state index contributed by atoms with van der Waals surface area (Å²) in [4.78, 5) is 14.1. The zero-order chi connectivity index (χ0) is 13.0. The standard InChI is InChI=1S/C11H16Cl2N4/c1-5-7(2)8-9(12)15-11(16-10(8)13)14-6-17(3)4/h6-7H,5H2,1-4H3/b14-6+. The molecule has 1 aromatic rings. The Balaban J connectivity index is 3.09. The molecule has 0 amide bonds. The van der Waals surface area contributed by atoms with Gasteiger partial charge in [-0.3, -0.25) is 0 Å². The van der Waals surface area contributed by atoms with E-state index in [4.69, 9.17) is 23.2 Å². The molecule has 0 aromatic carbocycles. The lowest BCUT2D eigenvalue weighted by Crippen LogP contribution is -2.07. The van der Waals surface area contributed by atoms with E-state index in [0.717, 1.165) is 12.0 Å². The van der Waals surface area contributed by atoms with E-state index in [2.05, 4.69) is 21.9 Å². The summed E-state index contributed by atoms with van der Waals surface area (Å²) < 4.78 is 0. The van der Waals surface area contributed by atoms with E-state index in [9.17, 15) is 0 Å². The van der Waals surface area contributed by atoms with Gasteiger partial charge in [-0.2, -0.15) is 9.97 Å². The predicted octanol–water partition coefficient (Wildman–Crippen LogP) is 3.52. The Morgan fingerprint density at radius 3 is 2.24 bits per heavy atom. The van der Waals surface area contributed by atoms with Crippen LogP contribution in [-0.4, -0.2) is 35.3 Å². The Kier molecular flexibility index (Phi) is 5.15. The molecule has 94 valence electrons. The van der Waals surface area contributed by atoms with Crippen molar-refractivity contribution in [3.05, 3.63) is 15.9 Å². The lowest BCUT2D eigenvalue weighted by molar-refractivity contribution is 0.642. The van der Waals surface area contributed by atoms with Crippen molar-refractivity contribution in [2.24, 2.45) is 4.99 Å². The van der Waals surface area contributed by atoms with Crippen molar-refractivity contribution < 1.29 is 0 Å². The normalized spacial score (nSPS) is 13.1. The fourth-order valence-electron chi connectivity index (χ4n) is 1.24. The van der Waals surface area contributed by atoms with Gasteiger partial charge in [-0.1, -0.05) is 37.0 Å². The van der Waals surface area contributed by atoms with Crippen LogP contribution < -0.4 is 0 Å². The zero-order valence-corrected chi connectivity index (χ0v) is 11.9. The highest BCUT2D eigenvalue weighted by atomic mass is 35.5. The quantitative estimate of drug-likeness (QED) is 0.479. The molecule has 0 fully saturated rings. The van der Waals surface area contributed by atoms with Crippen molar-refractivity contribution in [2.75, 3.05) is 14.1 Å². The van der Waals surface area contributed by atoms with Crippen LogP contribution in [0.25, 0.3) is 0 Å². The van der Waals surface area contributed by atoms with E-state index < -0.39 is 0 Å². The fourth-order valence-corrected chi connectivity index (χ4v) is 1.99. The Labute approximate surface area is 112 Å². The first-order chi connectivity index (χ1) is 7.95. The molecule has 0 saturated heterocycles. The average Bonchev–Trinajstić information content (AvgIpc) is 2.25. The number of nitrogens with zero attached hydrogens (tertiary/aromatic N) is 4. The van der Waals surface area contributed by atoms with Crippen molar-refractivity contribution in [3.8, 4) is 0 Å². The van der Waals surface area contributed by atoms with Gasteiger partial charge >= 0.3 is 0 Å². The van der Waals surface area contributed by atoms with Crippen molar-refractivity contribution in [2.45, 2.75) is 26.2 Å². The molecule has 17 heavy (non-hydrogen) atoms. The molecule has 1 unspecified atom stereocenters. The van der Waals surface area contributed by atoms with Gasteiger partial charge in [-0.05, 0) is 12.3 Å². The summed E-state index contributed by atoms with van der Waals surface area (Å²) in [5.41, 5.74) is 0.791. The molecule has 6 heteroatoms. The largest absolute Gasteiger partial charge is 0.369 e. The molecule has 0 aliphatic carbocycles. The summed E-state index contributed by atoms with van der Waals surface area (Å²) >= 11 is 12.2. The maximum absolute atomic E-state index is 6.10. The molecule has 0 aliphatic rings. The molecule has 0 aliphatic heterocycles. The van der Waals surface area contributed by atoms with Gasteiger partial charge in [0.2, 0.25) is 0 Å². The van der Waals surface area contributed by atoms with Crippen LogP contribution in [0.2, 0.25) is 10.3 Å². The minimum absolute atomic E-state index is 0.238. The summed E-state index contributed by atoms with van der Waals surface area (Å²) in [7, 11) is 3.72. The summed E-state index contributed by atoms with van der Waals surface area (Å²) in [5.74, 6) is 0.516. The second-order valence-corrected chi connectivity index (χ2v) is 4.75. The van der Waals surface area contributed by atoms with Crippen LogP contribution >= 0.6 is 23.2 Å². The average molecular weight is 275 g/mol. The molecule has 0 spiro atoms. The highest BCUT2D eigenvalue weighted by molar-refractivity contribution is 6.34. The van der Waals surface area contributed by atoms with Gasteiger partial charge in [0.05, 0.1) is 6.34 Å². The summed E-state index contributed by atoms with van der Waals surface area (Å²) in [6.45, 7) is 4.11. The van der Waals surface area contributed by atoms with Crippen LogP contribution in [0.3, 0.4) is 0 Å². The minimum Gasteiger partial charge on any atom is -0.369 e. The van der Waals surface area contributed by atoms with Crippen molar-refractivity contribution >= 4 is 35.5 Å². The third kappa shape index (κ3) is 3.82. The lowest BCUT2D eigenvalue weighted by atomic mass is 10.0. The van der Waals surface area contributed by atoms with Gasteiger partial charge in [-0.25, -0.2) is 4.99 Å². The molecular formula is C11H16Cl2N4. The first-order valence-corrected chi connectivity index (χ1v) is 6.14. The minimum atomic E-state index is 0.238. The predicted molar refractivity (Wildman–Crippen MR) is 72.6 cm³/mol. The molecule has 0 bridgehead atoms. The highest BCUT2D eigenvalue weighted by Gasteiger charge is 2.16. The second-order valence-electron chi connectivity index (χ2n) is 4.04. The fraction of sp³-hybridized carbons (Fsp3) is 0.545. The molecule has 1 aromatic heterocycles.